The van der Waals surface area contributed by atoms with Gasteiger partial charge < -0.3 is 24.8 Å². The molecule has 0 spiro atoms. The fourth-order valence-corrected chi connectivity index (χ4v) is 3.84. The zero-order chi connectivity index (χ0) is 24.8. The highest BCUT2D eigenvalue weighted by Crippen LogP contribution is 2.32. The van der Waals surface area contributed by atoms with Gasteiger partial charge in [0, 0.05) is 29.6 Å². The fraction of sp³-hybridized carbons (Fsp3) is 0.320. The number of hydrogen-bond donors (Lipinski definition) is 2. The lowest BCUT2D eigenvalue weighted by Gasteiger charge is -2.35. The molecule has 2 aromatic carbocycles. The predicted molar refractivity (Wildman–Crippen MR) is 127 cm³/mol. The summed E-state index contributed by atoms with van der Waals surface area (Å²) >= 11 is 0. The van der Waals surface area contributed by atoms with Gasteiger partial charge in [0.05, 0.1) is 32.9 Å². The maximum atomic E-state index is 12.9. The molecule has 3 amide bonds. The van der Waals surface area contributed by atoms with Crippen LogP contribution >= 0.6 is 0 Å². The molecule has 9 heteroatoms. The number of esters is 1. The molecule has 0 saturated heterocycles. The van der Waals surface area contributed by atoms with Crippen molar-refractivity contribution in [2.24, 2.45) is 0 Å². The summed E-state index contributed by atoms with van der Waals surface area (Å²) in [6.45, 7) is 4.16. The number of nitrogens with zero attached hydrogens (tertiary/aromatic N) is 1. The SMILES string of the molecule is CCCN1C(=O)NC(c2cccc(NC(=O)c3cc(OC)cc(OC)c3)c2)C(C(=O)OC)=C1C. The molecule has 0 saturated carbocycles. The van der Waals surface area contributed by atoms with Crippen LogP contribution in [0, 0.1) is 0 Å². The van der Waals surface area contributed by atoms with Crippen LogP contribution in [0.25, 0.3) is 0 Å². The number of anilines is 1. The second kappa shape index (κ2) is 10.7. The second-order valence-corrected chi connectivity index (χ2v) is 7.71. The number of carbonyl (C=O) groups excluding carboxylic acids is 3. The topological polar surface area (TPSA) is 106 Å². The number of methoxy groups -OCH3 is 3. The van der Waals surface area contributed by atoms with E-state index in [2.05, 4.69) is 10.6 Å². The Labute approximate surface area is 198 Å². The van der Waals surface area contributed by atoms with Crippen LogP contribution in [0.4, 0.5) is 10.5 Å². The van der Waals surface area contributed by atoms with Gasteiger partial charge in [-0.15, -0.1) is 0 Å². The average molecular weight is 468 g/mol. The first-order chi connectivity index (χ1) is 16.3. The molecule has 3 rings (SSSR count). The number of allylic oxidation sites excluding steroid dienone is 1. The highest BCUT2D eigenvalue weighted by Gasteiger charge is 2.36. The Kier molecular flexibility index (Phi) is 7.78. The number of ether oxygens (including phenoxy) is 3. The quantitative estimate of drug-likeness (QED) is 0.571. The van der Waals surface area contributed by atoms with Gasteiger partial charge in [0.1, 0.15) is 11.5 Å². The first-order valence-corrected chi connectivity index (χ1v) is 10.8. The highest BCUT2D eigenvalue weighted by molar-refractivity contribution is 6.05. The van der Waals surface area contributed by atoms with Crippen LogP contribution in [0.2, 0.25) is 0 Å². The summed E-state index contributed by atoms with van der Waals surface area (Å²) in [6.07, 6.45) is 0.737. The Morgan fingerprint density at radius 3 is 2.32 bits per heavy atom. The average Bonchev–Trinajstić information content (AvgIpc) is 2.85. The lowest BCUT2D eigenvalue weighted by Crippen LogP contribution is -2.48. The van der Waals surface area contributed by atoms with Gasteiger partial charge in [-0.3, -0.25) is 9.69 Å². The van der Waals surface area contributed by atoms with Gasteiger partial charge >= 0.3 is 12.0 Å². The molecule has 0 radical (unpaired) electrons. The van der Waals surface area contributed by atoms with E-state index in [9.17, 15) is 14.4 Å². The molecule has 1 atom stereocenters. The van der Waals surface area contributed by atoms with Gasteiger partial charge in [-0.1, -0.05) is 19.1 Å². The van der Waals surface area contributed by atoms with Gasteiger partial charge in [-0.2, -0.15) is 0 Å². The zero-order valence-electron chi connectivity index (χ0n) is 19.9. The summed E-state index contributed by atoms with van der Waals surface area (Å²) in [7, 11) is 4.32. The van der Waals surface area contributed by atoms with Crippen LogP contribution in [0.3, 0.4) is 0 Å². The second-order valence-electron chi connectivity index (χ2n) is 7.71. The fourth-order valence-electron chi connectivity index (χ4n) is 3.84. The van der Waals surface area contributed by atoms with Gasteiger partial charge in [-0.25, -0.2) is 9.59 Å². The molecule has 0 bridgehead atoms. The maximum absolute atomic E-state index is 12.9. The van der Waals surface area contributed by atoms with Crippen LogP contribution in [0.5, 0.6) is 11.5 Å². The standard InChI is InChI=1S/C25H29N3O6/c1-6-10-28-15(2)21(24(30)34-5)22(27-25(28)31)16-8-7-9-18(11-16)26-23(29)17-12-19(32-3)14-20(13-17)33-4/h7-9,11-14,22H,6,10H2,1-5H3,(H,26,29)(H,27,31). The van der Waals surface area contributed by atoms with E-state index in [1.54, 1.807) is 49.4 Å². The number of carbonyl (C=O) groups is 3. The minimum Gasteiger partial charge on any atom is -0.497 e. The summed E-state index contributed by atoms with van der Waals surface area (Å²) < 4.78 is 15.5. The van der Waals surface area contributed by atoms with Gasteiger partial charge in [-0.05, 0) is 43.2 Å². The Bertz CT molecular complexity index is 1110. The molecule has 180 valence electrons. The van der Waals surface area contributed by atoms with Crippen molar-refractivity contribution in [1.29, 1.82) is 0 Å². The van der Waals surface area contributed by atoms with E-state index in [-0.39, 0.29) is 11.9 Å². The minimum atomic E-state index is -0.721. The molecule has 1 unspecified atom stereocenters. The van der Waals surface area contributed by atoms with E-state index in [0.717, 1.165) is 6.42 Å². The van der Waals surface area contributed by atoms with Crippen molar-refractivity contribution in [2.45, 2.75) is 26.3 Å². The summed E-state index contributed by atoms with van der Waals surface area (Å²) in [5, 5.41) is 5.73. The molecule has 1 aliphatic heterocycles. The molecule has 1 aliphatic rings. The molecule has 1 heterocycles. The maximum Gasteiger partial charge on any atom is 0.337 e. The summed E-state index contributed by atoms with van der Waals surface area (Å²) in [4.78, 5) is 39.8. The van der Waals surface area contributed by atoms with Gasteiger partial charge in [0.2, 0.25) is 0 Å². The summed E-state index contributed by atoms with van der Waals surface area (Å²) in [6, 6.07) is 10.8. The van der Waals surface area contributed by atoms with Crippen molar-refractivity contribution in [3.8, 4) is 11.5 Å². The molecule has 0 aliphatic carbocycles. The lowest BCUT2D eigenvalue weighted by molar-refractivity contribution is -0.136. The third-order valence-electron chi connectivity index (χ3n) is 5.54. The number of nitrogens with one attached hydrogen (secondary N) is 2. The zero-order valence-corrected chi connectivity index (χ0v) is 19.9. The van der Waals surface area contributed by atoms with Crippen LogP contribution in [-0.2, 0) is 9.53 Å². The Balaban J connectivity index is 1.93. The van der Waals surface area contributed by atoms with E-state index in [1.165, 1.54) is 26.2 Å². The normalized spacial score (nSPS) is 15.5. The molecular weight excluding hydrogens is 438 g/mol. The van der Waals surface area contributed by atoms with Crippen LogP contribution in [0.15, 0.2) is 53.7 Å². The number of hydrogen-bond acceptors (Lipinski definition) is 6. The van der Waals surface area contributed by atoms with Crippen molar-refractivity contribution in [2.75, 3.05) is 33.2 Å². The van der Waals surface area contributed by atoms with Gasteiger partial charge in [0.15, 0.2) is 0 Å². The molecular formula is C25H29N3O6. The van der Waals surface area contributed by atoms with Crippen molar-refractivity contribution >= 4 is 23.6 Å². The highest BCUT2D eigenvalue weighted by atomic mass is 16.5. The molecule has 0 fully saturated rings. The van der Waals surface area contributed by atoms with Crippen LogP contribution in [0.1, 0.15) is 42.2 Å². The third kappa shape index (κ3) is 5.14. The smallest absolute Gasteiger partial charge is 0.337 e. The minimum absolute atomic E-state index is 0.296. The number of urea groups is 1. The molecule has 2 N–H and O–H groups in total. The number of benzene rings is 2. The van der Waals surface area contributed by atoms with Crippen molar-refractivity contribution in [3.63, 3.8) is 0 Å². The van der Waals surface area contributed by atoms with Crippen molar-refractivity contribution < 1.29 is 28.6 Å². The third-order valence-corrected chi connectivity index (χ3v) is 5.54. The Hall–Kier alpha value is -4.01. The monoisotopic (exact) mass is 467 g/mol. The van der Waals surface area contributed by atoms with Crippen LogP contribution < -0.4 is 20.1 Å². The lowest BCUT2D eigenvalue weighted by atomic mass is 9.94. The van der Waals surface area contributed by atoms with Crippen LogP contribution in [-0.4, -0.2) is 50.7 Å². The molecule has 0 aromatic heterocycles. The van der Waals surface area contributed by atoms with Crippen molar-refractivity contribution in [1.82, 2.24) is 10.2 Å². The van der Waals surface area contributed by atoms with E-state index in [4.69, 9.17) is 14.2 Å². The van der Waals surface area contributed by atoms with E-state index in [0.29, 0.717) is 46.1 Å². The predicted octanol–water partition coefficient (Wildman–Crippen LogP) is 3.88. The van der Waals surface area contributed by atoms with E-state index < -0.39 is 12.0 Å². The largest absolute Gasteiger partial charge is 0.497 e. The van der Waals surface area contributed by atoms with E-state index in [1.807, 2.05) is 6.92 Å². The first-order valence-electron chi connectivity index (χ1n) is 10.8. The summed E-state index contributed by atoms with van der Waals surface area (Å²) in [5.41, 5.74) is 2.37. The molecule has 34 heavy (non-hydrogen) atoms. The summed E-state index contributed by atoms with van der Waals surface area (Å²) in [5.74, 6) is 0.0869. The molecule has 9 nitrogen and oxygen atoms in total. The number of rotatable bonds is 8. The molecule has 2 aromatic rings. The van der Waals surface area contributed by atoms with Gasteiger partial charge in [0.25, 0.3) is 5.91 Å². The van der Waals surface area contributed by atoms with E-state index >= 15 is 0 Å². The Morgan fingerprint density at radius 2 is 1.74 bits per heavy atom. The Morgan fingerprint density at radius 1 is 1.06 bits per heavy atom. The van der Waals surface area contributed by atoms with Crippen molar-refractivity contribution in [3.05, 3.63) is 64.9 Å². The number of amides is 3. The first kappa shape index (κ1) is 24.6.